The number of benzene rings is 1. The average Bonchev–Trinajstić information content (AvgIpc) is 2.33. The maximum atomic E-state index is 11.5. The van der Waals surface area contributed by atoms with Crippen LogP contribution >= 0.6 is 22.6 Å². The predicted octanol–water partition coefficient (Wildman–Crippen LogP) is 1.70. The maximum Gasteiger partial charge on any atom is 0.258 e. The lowest BCUT2D eigenvalue weighted by Crippen LogP contribution is -2.46. The molecule has 0 saturated heterocycles. The molecule has 0 aromatic heterocycles. The first-order valence-corrected chi connectivity index (χ1v) is 7.30. The van der Waals surface area contributed by atoms with Gasteiger partial charge in [0, 0.05) is 9.11 Å². The van der Waals surface area contributed by atoms with Crippen molar-refractivity contribution in [3.63, 3.8) is 0 Å². The number of carbonyl (C=O) groups is 2. The van der Waals surface area contributed by atoms with Gasteiger partial charge in [-0.3, -0.25) is 9.59 Å². The minimum absolute atomic E-state index is 0.0495. The Hall–Kier alpha value is -1.31. The normalized spacial score (nSPS) is 10.8. The van der Waals surface area contributed by atoms with E-state index in [0.29, 0.717) is 5.75 Å². The highest BCUT2D eigenvalue weighted by molar-refractivity contribution is 14.1. The summed E-state index contributed by atoms with van der Waals surface area (Å²) in [5.74, 6) is 0.0763. The molecule has 1 aromatic carbocycles. The molecule has 5 nitrogen and oxygen atoms in total. The van der Waals surface area contributed by atoms with Crippen LogP contribution in [0.3, 0.4) is 0 Å². The van der Waals surface area contributed by atoms with Crippen molar-refractivity contribution >= 4 is 34.4 Å². The van der Waals surface area contributed by atoms with E-state index in [9.17, 15) is 9.59 Å². The summed E-state index contributed by atoms with van der Waals surface area (Å²) in [6.45, 7) is 5.49. The number of amides is 2. The van der Waals surface area contributed by atoms with Crippen LogP contribution in [0.2, 0.25) is 0 Å². The fraction of sp³-hybridized carbons (Fsp3) is 0.429. The minimum Gasteiger partial charge on any atom is -0.484 e. The van der Waals surface area contributed by atoms with Gasteiger partial charge in [-0.15, -0.1) is 0 Å². The Labute approximate surface area is 132 Å². The third-order valence-electron chi connectivity index (χ3n) is 2.14. The molecule has 2 amide bonds. The Morgan fingerprint density at radius 1 is 1.15 bits per heavy atom. The van der Waals surface area contributed by atoms with Crippen LogP contribution in [-0.2, 0) is 9.59 Å². The maximum absolute atomic E-state index is 11.5. The van der Waals surface area contributed by atoms with E-state index < -0.39 is 0 Å². The van der Waals surface area contributed by atoms with Crippen molar-refractivity contribution in [3.8, 4) is 5.75 Å². The largest absolute Gasteiger partial charge is 0.484 e. The Bertz CT molecular complexity index is 466. The van der Waals surface area contributed by atoms with Crippen molar-refractivity contribution in [1.82, 2.24) is 10.6 Å². The fourth-order valence-corrected chi connectivity index (χ4v) is 1.73. The molecule has 0 radical (unpaired) electrons. The number of halogens is 1. The van der Waals surface area contributed by atoms with E-state index in [-0.39, 0.29) is 30.5 Å². The second-order valence-corrected chi connectivity index (χ2v) is 6.56. The molecular weight excluding hydrogens is 371 g/mol. The average molecular weight is 390 g/mol. The molecule has 110 valence electrons. The predicted molar refractivity (Wildman–Crippen MR) is 85.6 cm³/mol. The van der Waals surface area contributed by atoms with E-state index >= 15 is 0 Å². The standard InChI is InChI=1S/C14H19IN2O3/c1-14(2,3)17-12(18)8-16-13(19)9-20-11-6-4-10(15)5-7-11/h4-7H,8-9H2,1-3H3,(H,16,19)(H,17,18). The fourth-order valence-electron chi connectivity index (χ4n) is 1.37. The molecule has 0 atom stereocenters. The van der Waals surface area contributed by atoms with Gasteiger partial charge in [0.25, 0.3) is 5.91 Å². The van der Waals surface area contributed by atoms with Crippen LogP contribution in [0.25, 0.3) is 0 Å². The van der Waals surface area contributed by atoms with Crippen LogP contribution in [0.1, 0.15) is 20.8 Å². The molecule has 1 aromatic rings. The first kappa shape index (κ1) is 16.7. The summed E-state index contributed by atoms with van der Waals surface area (Å²) < 4.78 is 6.40. The molecule has 6 heteroatoms. The summed E-state index contributed by atoms with van der Waals surface area (Å²) in [5.41, 5.74) is -0.306. The van der Waals surface area contributed by atoms with Gasteiger partial charge in [0.05, 0.1) is 6.54 Å². The van der Waals surface area contributed by atoms with E-state index in [1.165, 1.54) is 0 Å². The van der Waals surface area contributed by atoms with Crippen LogP contribution in [0.5, 0.6) is 5.75 Å². The zero-order valence-corrected chi connectivity index (χ0v) is 14.0. The molecule has 2 N–H and O–H groups in total. The molecule has 0 heterocycles. The van der Waals surface area contributed by atoms with Gasteiger partial charge in [-0.1, -0.05) is 0 Å². The van der Waals surface area contributed by atoms with Crippen molar-refractivity contribution in [3.05, 3.63) is 27.8 Å². The highest BCUT2D eigenvalue weighted by Crippen LogP contribution is 2.13. The topological polar surface area (TPSA) is 67.4 Å². The van der Waals surface area contributed by atoms with Crippen LogP contribution < -0.4 is 15.4 Å². The zero-order valence-electron chi connectivity index (χ0n) is 11.8. The lowest BCUT2D eigenvalue weighted by molar-refractivity contribution is -0.127. The van der Waals surface area contributed by atoms with Gasteiger partial charge < -0.3 is 15.4 Å². The summed E-state index contributed by atoms with van der Waals surface area (Å²) in [5, 5.41) is 5.27. The van der Waals surface area contributed by atoms with Gasteiger partial charge in [0.15, 0.2) is 6.61 Å². The second kappa shape index (κ2) is 7.47. The lowest BCUT2D eigenvalue weighted by atomic mass is 10.1. The summed E-state index contributed by atoms with van der Waals surface area (Å²) in [7, 11) is 0. The van der Waals surface area contributed by atoms with E-state index in [4.69, 9.17) is 4.74 Å². The number of nitrogens with one attached hydrogen (secondary N) is 2. The molecule has 0 bridgehead atoms. The SMILES string of the molecule is CC(C)(C)NC(=O)CNC(=O)COc1ccc(I)cc1. The highest BCUT2D eigenvalue weighted by atomic mass is 127. The van der Waals surface area contributed by atoms with Gasteiger partial charge >= 0.3 is 0 Å². The molecule has 0 aliphatic rings. The van der Waals surface area contributed by atoms with Gasteiger partial charge in [-0.25, -0.2) is 0 Å². The van der Waals surface area contributed by atoms with Gasteiger partial charge in [0.1, 0.15) is 5.75 Å². The molecule has 0 aliphatic heterocycles. The Morgan fingerprint density at radius 3 is 2.30 bits per heavy atom. The number of ether oxygens (including phenoxy) is 1. The molecule has 20 heavy (non-hydrogen) atoms. The third kappa shape index (κ3) is 7.32. The first-order chi connectivity index (χ1) is 9.26. The number of hydrogen-bond donors (Lipinski definition) is 2. The van der Waals surface area contributed by atoms with Crippen molar-refractivity contribution < 1.29 is 14.3 Å². The van der Waals surface area contributed by atoms with Crippen LogP contribution in [0.15, 0.2) is 24.3 Å². The summed E-state index contributed by atoms with van der Waals surface area (Å²) in [6.07, 6.45) is 0. The summed E-state index contributed by atoms with van der Waals surface area (Å²) >= 11 is 2.19. The van der Waals surface area contributed by atoms with Crippen LogP contribution in [0.4, 0.5) is 0 Å². The molecule has 1 rings (SSSR count). The quantitative estimate of drug-likeness (QED) is 0.753. The third-order valence-corrected chi connectivity index (χ3v) is 2.86. The molecule has 0 spiro atoms. The van der Waals surface area contributed by atoms with Crippen molar-refractivity contribution in [2.24, 2.45) is 0 Å². The Morgan fingerprint density at radius 2 is 1.75 bits per heavy atom. The number of rotatable bonds is 5. The smallest absolute Gasteiger partial charge is 0.258 e. The lowest BCUT2D eigenvalue weighted by Gasteiger charge is -2.20. The number of hydrogen-bond acceptors (Lipinski definition) is 3. The second-order valence-electron chi connectivity index (χ2n) is 5.32. The van der Waals surface area contributed by atoms with Crippen molar-refractivity contribution in [2.45, 2.75) is 26.3 Å². The van der Waals surface area contributed by atoms with E-state index in [1.807, 2.05) is 32.9 Å². The molecule has 0 saturated carbocycles. The van der Waals surface area contributed by atoms with Crippen LogP contribution in [-0.4, -0.2) is 30.5 Å². The summed E-state index contributed by atoms with van der Waals surface area (Å²) in [6, 6.07) is 7.37. The van der Waals surface area contributed by atoms with E-state index in [1.54, 1.807) is 12.1 Å². The highest BCUT2D eigenvalue weighted by Gasteiger charge is 2.14. The van der Waals surface area contributed by atoms with Crippen molar-refractivity contribution in [2.75, 3.05) is 13.2 Å². The summed E-state index contributed by atoms with van der Waals surface area (Å²) in [4.78, 5) is 23.0. The van der Waals surface area contributed by atoms with Gasteiger partial charge in [-0.2, -0.15) is 0 Å². The molecule has 0 fully saturated rings. The van der Waals surface area contributed by atoms with E-state index in [0.717, 1.165) is 3.57 Å². The molecule has 0 unspecified atom stereocenters. The van der Waals surface area contributed by atoms with Gasteiger partial charge in [-0.05, 0) is 67.6 Å². The van der Waals surface area contributed by atoms with E-state index in [2.05, 4.69) is 33.2 Å². The Kier molecular flexibility index (Phi) is 6.25. The Balaban J connectivity index is 2.27. The first-order valence-electron chi connectivity index (χ1n) is 6.22. The number of carbonyl (C=O) groups excluding carboxylic acids is 2. The van der Waals surface area contributed by atoms with Crippen molar-refractivity contribution in [1.29, 1.82) is 0 Å². The molecular formula is C14H19IN2O3. The monoisotopic (exact) mass is 390 g/mol. The minimum atomic E-state index is -0.326. The van der Waals surface area contributed by atoms with Crippen LogP contribution in [0, 0.1) is 3.57 Å². The molecule has 0 aliphatic carbocycles. The zero-order chi connectivity index (χ0) is 15.2. The van der Waals surface area contributed by atoms with Gasteiger partial charge in [0.2, 0.25) is 5.91 Å².